The molecule has 0 radical (unpaired) electrons. The molecule has 0 amide bonds. The molecule has 0 aliphatic rings. The summed E-state index contributed by atoms with van der Waals surface area (Å²) in [6.45, 7) is 1.49. The molecule has 0 bridgehead atoms. The molecule has 0 saturated heterocycles. The first-order valence-electron chi connectivity index (χ1n) is 9.39. The van der Waals surface area contributed by atoms with Crippen molar-refractivity contribution in [1.82, 2.24) is 9.55 Å². The highest BCUT2D eigenvalue weighted by Gasteiger charge is 2.19. The lowest BCUT2D eigenvalue weighted by Crippen LogP contribution is -2.16. The Morgan fingerprint density at radius 1 is 1.19 bits per heavy atom. The lowest BCUT2D eigenvalue weighted by atomic mass is 10.1. The average Bonchev–Trinajstić information content (AvgIpc) is 3.24. The Labute approximate surface area is 186 Å². The van der Waals surface area contributed by atoms with E-state index in [-0.39, 0.29) is 28.6 Å². The van der Waals surface area contributed by atoms with Crippen LogP contribution in [0.1, 0.15) is 6.92 Å². The molecule has 4 aromatic rings. The maximum atomic E-state index is 14.2. The number of rotatable bonds is 6. The molecule has 0 spiro atoms. The molecule has 0 atom stereocenters. The minimum Gasteiger partial charge on any atom is -0.435 e. The van der Waals surface area contributed by atoms with Crippen LogP contribution in [0.25, 0.3) is 21.2 Å². The number of halogens is 2. The zero-order chi connectivity index (χ0) is 23.0. The predicted molar refractivity (Wildman–Crippen MR) is 120 cm³/mol. The Morgan fingerprint density at radius 2 is 1.97 bits per heavy atom. The van der Waals surface area contributed by atoms with Gasteiger partial charge in [0.15, 0.2) is 11.6 Å². The normalized spacial score (nSPS) is 11.6. The lowest BCUT2D eigenvalue weighted by molar-refractivity contribution is 0.425. The molecule has 1 aromatic carbocycles. The van der Waals surface area contributed by atoms with Crippen molar-refractivity contribution < 1.29 is 21.9 Å². The van der Waals surface area contributed by atoms with Crippen LogP contribution in [-0.2, 0) is 17.1 Å². The molecule has 3 heterocycles. The summed E-state index contributed by atoms with van der Waals surface area (Å²) >= 11 is 1.26. The number of fused-ring (bicyclic) bond motifs is 1. The van der Waals surface area contributed by atoms with Crippen LogP contribution >= 0.6 is 11.3 Å². The summed E-state index contributed by atoms with van der Waals surface area (Å²) in [5.74, 6) is -2.12. The van der Waals surface area contributed by atoms with Gasteiger partial charge in [-0.05, 0) is 36.6 Å². The number of hydrogen-bond donors (Lipinski definition) is 1. The van der Waals surface area contributed by atoms with Gasteiger partial charge in [-0.3, -0.25) is 9.52 Å². The predicted octanol–water partition coefficient (Wildman–Crippen LogP) is 4.49. The standard InChI is InChI=1S/C21H17F2N3O4S2/c1-3-32(28,29)25-13-9-15(16-11-26(2)21(27)19-14(16)6-7-31-19)20(24-10-13)30-18-5-4-12(22)8-17(18)23/h4-11,25H,3H2,1-2H3. The highest BCUT2D eigenvalue weighted by Crippen LogP contribution is 2.38. The van der Waals surface area contributed by atoms with Crippen molar-refractivity contribution in [3.05, 3.63) is 70.1 Å². The first kappa shape index (κ1) is 21.9. The van der Waals surface area contributed by atoms with E-state index in [1.54, 1.807) is 24.7 Å². The number of nitrogens with one attached hydrogen (secondary N) is 1. The highest BCUT2D eigenvalue weighted by atomic mass is 32.2. The number of benzene rings is 1. The fraction of sp³-hybridized carbons (Fsp3) is 0.143. The number of ether oxygens (including phenoxy) is 1. The molecular formula is C21H17F2N3O4S2. The molecule has 166 valence electrons. The van der Waals surface area contributed by atoms with E-state index in [1.165, 1.54) is 35.1 Å². The number of aromatic nitrogens is 2. The second kappa shape index (κ2) is 8.32. The first-order valence-corrected chi connectivity index (χ1v) is 11.9. The number of sulfonamides is 1. The van der Waals surface area contributed by atoms with Crippen LogP contribution in [-0.4, -0.2) is 23.7 Å². The smallest absolute Gasteiger partial charge is 0.268 e. The fourth-order valence-corrected chi connectivity index (χ4v) is 4.58. The van der Waals surface area contributed by atoms with Crippen LogP contribution in [0.3, 0.4) is 0 Å². The van der Waals surface area contributed by atoms with Gasteiger partial charge in [-0.2, -0.15) is 0 Å². The molecule has 0 aliphatic carbocycles. The number of aryl methyl sites for hydroxylation is 1. The van der Waals surface area contributed by atoms with E-state index in [9.17, 15) is 22.0 Å². The maximum Gasteiger partial charge on any atom is 0.268 e. The van der Waals surface area contributed by atoms with Gasteiger partial charge in [-0.15, -0.1) is 11.3 Å². The molecule has 0 unspecified atom stereocenters. The van der Waals surface area contributed by atoms with Crippen molar-refractivity contribution in [1.29, 1.82) is 0 Å². The van der Waals surface area contributed by atoms with Crippen molar-refractivity contribution >= 4 is 37.1 Å². The van der Waals surface area contributed by atoms with Gasteiger partial charge in [0, 0.05) is 35.8 Å². The third-order valence-electron chi connectivity index (χ3n) is 4.69. The number of thiophene rings is 1. The summed E-state index contributed by atoms with van der Waals surface area (Å²) < 4.78 is 61.5. The van der Waals surface area contributed by atoms with E-state index in [0.29, 0.717) is 27.3 Å². The summed E-state index contributed by atoms with van der Waals surface area (Å²) in [5.41, 5.74) is 0.836. The Hall–Kier alpha value is -3.31. The quantitative estimate of drug-likeness (QED) is 0.442. The van der Waals surface area contributed by atoms with Crippen LogP contribution in [0.2, 0.25) is 0 Å². The van der Waals surface area contributed by atoms with Crippen molar-refractivity contribution in [3.63, 3.8) is 0 Å². The molecule has 3 aromatic heterocycles. The number of nitrogens with zero attached hydrogens (tertiary/aromatic N) is 2. The molecule has 7 nitrogen and oxygen atoms in total. The van der Waals surface area contributed by atoms with E-state index >= 15 is 0 Å². The van der Waals surface area contributed by atoms with Crippen LogP contribution in [0, 0.1) is 11.6 Å². The minimum atomic E-state index is -3.59. The number of anilines is 1. The van der Waals surface area contributed by atoms with E-state index in [1.807, 2.05) is 0 Å². The molecular weight excluding hydrogens is 460 g/mol. The summed E-state index contributed by atoms with van der Waals surface area (Å²) in [6, 6.07) is 6.10. The molecule has 11 heteroatoms. The van der Waals surface area contributed by atoms with Crippen molar-refractivity contribution in [3.8, 4) is 22.8 Å². The van der Waals surface area contributed by atoms with Gasteiger partial charge in [0.2, 0.25) is 15.9 Å². The van der Waals surface area contributed by atoms with Gasteiger partial charge >= 0.3 is 0 Å². The van der Waals surface area contributed by atoms with Crippen molar-refractivity contribution in [2.75, 3.05) is 10.5 Å². The lowest BCUT2D eigenvalue weighted by Gasteiger charge is -2.15. The van der Waals surface area contributed by atoms with Gasteiger partial charge in [-0.25, -0.2) is 22.2 Å². The zero-order valence-electron chi connectivity index (χ0n) is 16.9. The van der Waals surface area contributed by atoms with Gasteiger partial charge in [-0.1, -0.05) is 0 Å². The van der Waals surface area contributed by atoms with E-state index in [2.05, 4.69) is 9.71 Å². The second-order valence-electron chi connectivity index (χ2n) is 6.88. The largest absolute Gasteiger partial charge is 0.435 e. The third kappa shape index (κ3) is 4.21. The molecule has 1 N–H and O–H groups in total. The van der Waals surface area contributed by atoms with Crippen LogP contribution in [0.4, 0.5) is 14.5 Å². The van der Waals surface area contributed by atoms with Crippen LogP contribution in [0.15, 0.2) is 52.9 Å². The van der Waals surface area contributed by atoms with E-state index in [4.69, 9.17) is 4.74 Å². The summed E-state index contributed by atoms with van der Waals surface area (Å²) in [6.07, 6.45) is 2.81. The van der Waals surface area contributed by atoms with Crippen molar-refractivity contribution in [2.45, 2.75) is 6.92 Å². The Morgan fingerprint density at radius 3 is 2.69 bits per heavy atom. The van der Waals surface area contributed by atoms with Crippen molar-refractivity contribution in [2.24, 2.45) is 7.05 Å². The third-order valence-corrected chi connectivity index (χ3v) is 6.90. The average molecular weight is 478 g/mol. The first-order chi connectivity index (χ1) is 15.2. The SMILES string of the molecule is CCS(=O)(=O)Nc1cnc(Oc2ccc(F)cc2F)c(-c2cn(C)c(=O)c3sccc23)c1. The highest BCUT2D eigenvalue weighted by molar-refractivity contribution is 7.92. The van der Waals surface area contributed by atoms with E-state index < -0.39 is 21.7 Å². The zero-order valence-corrected chi connectivity index (χ0v) is 18.6. The summed E-state index contributed by atoms with van der Waals surface area (Å²) in [4.78, 5) is 16.7. The van der Waals surface area contributed by atoms with Gasteiger partial charge in [0.05, 0.1) is 17.6 Å². The topological polar surface area (TPSA) is 90.3 Å². The maximum absolute atomic E-state index is 14.2. The summed E-state index contributed by atoms with van der Waals surface area (Å²) in [5, 5.41) is 2.37. The minimum absolute atomic E-state index is 0.0406. The summed E-state index contributed by atoms with van der Waals surface area (Å²) in [7, 11) is -2.00. The molecule has 32 heavy (non-hydrogen) atoms. The van der Waals surface area contributed by atoms with E-state index in [0.717, 1.165) is 12.1 Å². The second-order valence-corrected chi connectivity index (χ2v) is 9.81. The van der Waals surface area contributed by atoms with Gasteiger partial charge in [0.1, 0.15) is 10.5 Å². The van der Waals surface area contributed by atoms with Gasteiger partial charge in [0.25, 0.3) is 5.56 Å². The van der Waals surface area contributed by atoms with Crippen LogP contribution < -0.4 is 15.0 Å². The molecule has 0 saturated carbocycles. The number of hydrogen-bond acceptors (Lipinski definition) is 6. The molecule has 4 rings (SSSR count). The van der Waals surface area contributed by atoms with Gasteiger partial charge < -0.3 is 9.30 Å². The Balaban J connectivity index is 1.93. The molecule has 0 aliphatic heterocycles. The number of pyridine rings is 2. The monoisotopic (exact) mass is 477 g/mol. The Kier molecular flexibility index (Phi) is 5.70. The fourth-order valence-electron chi connectivity index (χ4n) is 3.08. The molecule has 0 fully saturated rings. The van der Waals surface area contributed by atoms with Crippen LogP contribution in [0.5, 0.6) is 11.6 Å². The Bertz CT molecular complexity index is 1500.